The summed E-state index contributed by atoms with van der Waals surface area (Å²) in [7, 11) is 1.69. The lowest BCUT2D eigenvalue weighted by molar-refractivity contribution is 0.0957. The smallest absolute Gasteiger partial charge is 0.0613 e. The maximum atomic E-state index is 5.78. The van der Waals surface area contributed by atoms with E-state index in [1.807, 2.05) is 0 Å². The van der Waals surface area contributed by atoms with Gasteiger partial charge in [0.1, 0.15) is 0 Å². The molecule has 0 aromatic heterocycles. The zero-order valence-corrected chi connectivity index (χ0v) is 7.79. The van der Waals surface area contributed by atoms with Gasteiger partial charge in [-0.05, 0) is 25.7 Å². The fourth-order valence-electron chi connectivity index (χ4n) is 1.57. The van der Waals surface area contributed by atoms with E-state index in [2.05, 4.69) is 0 Å². The molecule has 0 radical (unpaired) electrons. The summed E-state index contributed by atoms with van der Waals surface area (Å²) in [5, 5.41) is 0. The van der Waals surface area contributed by atoms with Gasteiger partial charge in [0, 0.05) is 19.8 Å². The van der Waals surface area contributed by atoms with Crippen LogP contribution < -0.4 is 5.73 Å². The van der Waals surface area contributed by atoms with Crippen LogP contribution in [-0.4, -0.2) is 32.5 Å². The molecule has 0 aromatic rings. The maximum absolute atomic E-state index is 5.78. The van der Waals surface area contributed by atoms with Gasteiger partial charge in [-0.3, -0.25) is 0 Å². The highest BCUT2D eigenvalue weighted by atomic mass is 16.5. The average molecular weight is 173 g/mol. The molecule has 2 N–H and O–H groups in total. The number of methoxy groups -OCH3 is 1. The number of ether oxygens (including phenoxy) is 2. The highest BCUT2D eigenvalue weighted by Gasteiger charge is 2.16. The second-order valence-electron chi connectivity index (χ2n) is 3.43. The Morgan fingerprint density at radius 3 is 3.08 bits per heavy atom. The van der Waals surface area contributed by atoms with Crippen molar-refractivity contribution in [2.45, 2.75) is 37.8 Å². The molecular formula is C9H19NO2. The van der Waals surface area contributed by atoms with E-state index < -0.39 is 0 Å². The van der Waals surface area contributed by atoms with Gasteiger partial charge in [0.05, 0.1) is 12.7 Å². The minimum atomic E-state index is 0.180. The molecule has 0 saturated carbocycles. The molecule has 12 heavy (non-hydrogen) atoms. The number of nitrogens with two attached hydrogens (primary N) is 1. The van der Waals surface area contributed by atoms with Crippen LogP contribution in [0.2, 0.25) is 0 Å². The maximum Gasteiger partial charge on any atom is 0.0613 e. The first kappa shape index (κ1) is 9.96. The Hall–Kier alpha value is -0.120. The van der Waals surface area contributed by atoms with Crippen LogP contribution in [0.4, 0.5) is 0 Å². The Bertz CT molecular complexity index is 113. The van der Waals surface area contributed by atoms with E-state index in [0.29, 0.717) is 12.7 Å². The predicted molar refractivity (Wildman–Crippen MR) is 48.1 cm³/mol. The Morgan fingerprint density at radius 2 is 2.50 bits per heavy atom. The summed E-state index contributed by atoms with van der Waals surface area (Å²) in [6.07, 6.45) is 4.99. The molecule has 3 heteroatoms. The van der Waals surface area contributed by atoms with Gasteiger partial charge >= 0.3 is 0 Å². The van der Waals surface area contributed by atoms with Crippen LogP contribution in [0.3, 0.4) is 0 Å². The van der Waals surface area contributed by atoms with Gasteiger partial charge in [-0.25, -0.2) is 0 Å². The van der Waals surface area contributed by atoms with Gasteiger partial charge in [0.15, 0.2) is 0 Å². The van der Waals surface area contributed by atoms with Crippen molar-refractivity contribution >= 4 is 0 Å². The summed E-state index contributed by atoms with van der Waals surface area (Å²) in [5.74, 6) is 0. The third-order valence-corrected chi connectivity index (χ3v) is 2.26. The van der Waals surface area contributed by atoms with Gasteiger partial charge in [-0.1, -0.05) is 0 Å². The Labute approximate surface area is 74.2 Å². The molecule has 72 valence electrons. The van der Waals surface area contributed by atoms with Crippen molar-refractivity contribution in [3.8, 4) is 0 Å². The van der Waals surface area contributed by atoms with Crippen molar-refractivity contribution in [1.82, 2.24) is 0 Å². The van der Waals surface area contributed by atoms with Crippen LogP contribution >= 0.6 is 0 Å². The first-order valence-electron chi connectivity index (χ1n) is 4.69. The standard InChI is InChI=1S/C9H19NO2/c1-11-7-8(10)4-5-9-3-2-6-12-9/h8-9H,2-7,10H2,1H3. The average Bonchev–Trinajstić information content (AvgIpc) is 2.53. The third-order valence-electron chi connectivity index (χ3n) is 2.26. The van der Waals surface area contributed by atoms with E-state index in [-0.39, 0.29) is 6.04 Å². The normalized spacial score (nSPS) is 26.0. The summed E-state index contributed by atoms with van der Waals surface area (Å²) in [5.41, 5.74) is 5.78. The van der Waals surface area contributed by atoms with E-state index in [1.54, 1.807) is 7.11 Å². The van der Waals surface area contributed by atoms with Gasteiger partial charge in [-0.15, -0.1) is 0 Å². The van der Waals surface area contributed by atoms with Crippen molar-refractivity contribution in [2.24, 2.45) is 5.73 Å². The monoisotopic (exact) mass is 173 g/mol. The van der Waals surface area contributed by atoms with Crippen molar-refractivity contribution < 1.29 is 9.47 Å². The first-order chi connectivity index (χ1) is 5.83. The highest BCUT2D eigenvalue weighted by Crippen LogP contribution is 2.17. The van der Waals surface area contributed by atoms with Gasteiger partial charge in [0.2, 0.25) is 0 Å². The lowest BCUT2D eigenvalue weighted by Crippen LogP contribution is -2.26. The summed E-state index contributed by atoms with van der Waals surface area (Å²) in [6, 6.07) is 0.180. The van der Waals surface area contributed by atoms with E-state index in [1.165, 1.54) is 12.8 Å². The molecule has 3 nitrogen and oxygen atoms in total. The van der Waals surface area contributed by atoms with Crippen molar-refractivity contribution in [2.75, 3.05) is 20.3 Å². The Morgan fingerprint density at radius 1 is 1.67 bits per heavy atom. The van der Waals surface area contributed by atoms with E-state index in [4.69, 9.17) is 15.2 Å². The van der Waals surface area contributed by atoms with Crippen LogP contribution in [0.15, 0.2) is 0 Å². The van der Waals surface area contributed by atoms with E-state index in [0.717, 1.165) is 19.4 Å². The summed E-state index contributed by atoms with van der Waals surface area (Å²) in [4.78, 5) is 0. The molecule has 0 aromatic carbocycles. The van der Waals surface area contributed by atoms with Gasteiger partial charge in [0.25, 0.3) is 0 Å². The van der Waals surface area contributed by atoms with Crippen LogP contribution in [-0.2, 0) is 9.47 Å². The molecule has 1 fully saturated rings. The first-order valence-corrected chi connectivity index (χ1v) is 4.69. The molecular weight excluding hydrogens is 154 g/mol. The fourth-order valence-corrected chi connectivity index (χ4v) is 1.57. The Balaban J connectivity index is 1.99. The summed E-state index contributed by atoms with van der Waals surface area (Å²) >= 11 is 0. The van der Waals surface area contributed by atoms with Gasteiger partial charge < -0.3 is 15.2 Å². The molecule has 2 atom stereocenters. The van der Waals surface area contributed by atoms with Crippen molar-refractivity contribution in [3.05, 3.63) is 0 Å². The summed E-state index contributed by atoms with van der Waals surface area (Å²) in [6.45, 7) is 1.59. The second kappa shape index (κ2) is 5.51. The zero-order valence-electron chi connectivity index (χ0n) is 7.79. The molecule has 1 heterocycles. The van der Waals surface area contributed by atoms with Crippen molar-refractivity contribution in [1.29, 1.82) is 0 Å². The topological polar surface area (TPSA) is 44.5 Å². The van der Waals surface area contributed by atoms with Crippen LogP contribution in [0.1, 0.15) is 25.7 Å². The summed E-state index contributed by atoms with van der Waals surface area (Å²) < 4.78 is 10.4. The molecule has 1 aliphatic heterocycles. The molecule has 0 bridgehead atoms. The second-order valence-corrected chi connectivity index (χ2v) is 3.43. The van der Waals surface area contributed by atoms with E-state index >= 15 is 0 Å². The molecule has 0 spiro atoms. The Kier molecular flexibility index (Phi) is 4.58. The molecule has 1 saturated heterocycles. The van der Waals surface area contributed by atoms with Crippen LogP contribution in [0, 0.1) is 0 Å². The lowest BCUT2D eigenvalue weighted by Gasteiger charge is -2.13. The number of rotatable bonds is 5. The lowest BCUT2D eigenvalue weighted by atomic mass is 10.1. The molecule has 2 unspecified atom stereocenters. The molecule has 0 amide bonds. The number of hydrogen-bond acceptors (Lipinski definition) is 3. The largest absolute Gasteiger partial charge is 0.383 e. The number of hydrogen-bond donors (Lipinski definition) is 1. The molecule has 1 rings (SSSR count). The highest BCUT2D eigenvalue weighted by molar-refractivity contribution is 4.68. The SMILES string of the molecule is COCC(N)CCC1CCCO1. The minimum Gasteiger partial charge on any atom is -0.383 e. The molecule has 0 aliphatic carbocycles. The van der Waals surface area contributed by atoms with E-state index in [9.17, 15) is 0 Å². The van der Waals surface area contributed by atoms with Crippen LogP contribution in [0.5, 0.6) is 0 Å². The quantitative estimate of drug-likeness (QED) is 0.672. The zero-order chi connectivity index (χ0) is 8.81. The van der Waals surface area contributed by atoms with Crippen molar-refractivity contribution in [3.63, 3.8) is 0 Å². The van der Waals surface area contributed by atoms with Crippen LogP contribution in [0.25, 0.3) is 0 Å². The fraction of sp³-hybridized carbons (Fsp3) is 1.00. The predicted octanol–water partition coefficient (Wildman–Crippen LogP) is 0.919. The van der Waals surface area contributed by atoms with Gasteiger partial charge in [-0.2, -0.15) is 0 Å². The minimum absolute atomic E-state index is 0.180. The molecule has 1 aliphatic rings. The third kappa shape index (κ3) is 3.52.